The smallest absolute Gasteiger partial charge is 0.214 e. The van der Waals surface area contributed by atoms with Crippen molar-refractivity contribution in [3.63, 3.8) is 0 Å². The van der Waals surface area contributed by atoms with Crippen LogP contribution in [0.1, 0.15) is 30.4 Å². The average Bonchev–Trinajstić information content (AvgIpc) is 2.90. The molecule has 5 nitrogen and oxygen atoms in total. The lowest BCUT2D eigenvalue weighted by Crippen LogP contribution is -2.00. The zero-order chi connectivity index (χ0) is 14.4. The van der Waals surface area contributed by atoms with Crippen LogP contribution in [0.3, 0.4) is 0 Å². The fraction of sp³-hybridized carbons (Fsp3) is 0.500. The van der Waals surface area contributed by atoms with Crippen molar-refractivity contribution in [2.45, 2.75) is 38.3 Å². The van der Waals surface area contributed by atoms with Crippen LogP contribution >= 0.6 is 11.8 Å². The van der Waals surface area contributed by atoms with Crippen molar-refractivity contribution in [1.82, 2.24) is 20.2 Å². The van der Waals surface area contributed by atoms with Gasteiger partial charge >= 0.3 is 0 Å². The second kappa shape index (κ2) is 7.40. The Labute approximate surface area is 123 Å². The molecule has 1 aromatic heterocycles. The number of thioether (sulfide) groups is 1. The highest BCUT2D eigenvalue weighted by Crippen LogP contribution is 2.21. The van der Waals surface area contributed by atoms with E-state index >= 15 is 0 Å². The van der Waals surface area contributed by atoms with E-state index in [0.717, 1.165) is 35.9 Å². The highest BCUT2D eigenvalue weighted by Gasteiger charge is 2.09. The molecule has 1 N–H and O–H groups in total. The third-order valence-electron chi connectivity index (χ3n) is 3.21. The van der Waals surface area contributed by atoms with Gasteiger partial charge in [0.05, 0.1) is 5.69 Å². The minimum absolute atomic E-state index is 0.269. The SMILES string of the molecule is Cc1ccc(-n2nnnc2SCCCCCO)cc1C. The lowest BCUT2D eigenvalue weighted by Gasteiger charge is -2.06. The Morgan fingerprint density at radius 2 is 2.00 bits per heavy atom. The van der Waals surface area contributed by atoms with Crippen molar-refractivity contribution in [3.8, 4) is 5.69 Å². The van der Waals surface area contributed by atoms with Crippen LogP contribution in [0, 0.1) is 13.8 Å². The van der Waals surface area contributed by atoms with E-state index in [1.165, 1.54) is 11.1 Å². The van der Waals surface area contributed by atoms with Gasteiger partial charge in [0.1, 0.15) is 0 Å². The third-order valence-corrected chi connectivity index (χ3v) is 4.22. The van der Waals surface area contributed by atoms with Gasteiger partial charge < -0.3 is 5.11 Å². The van der Waals surface area contributed by atoms with Crippen LogP contribution in [-0.2, 0) is 0 Å². The van der Waals surface area contributed by atoms with Gasteiger partial charge in [0.15, 0.2) is 0 Å². The molecule has 0 atom stereocenters. The first-order chi connectivity index (χ1) is 9.72. The van der Waals surface area contributed by atoms with Crippen molar-refractivity contribution in [3.05, 3.63) is 29.3 Å². The number of nitrogens with zero attached hydrogens (tertiary/aromatic N) is 4. The van der Waals surface area contributed by atoms with Crippen molar-refractivity contribution in [2.24, 2.45) is 0 Å². The standard InChI is InChI=1S/C14H20N4OS/c1-11-6-7-13(10-12(11)2)18-14(15-16-17-18)20-9-5-3-4-8-19/h6-7,10,19H,3-5,8-9H2,1-2H3. The van der Waals surface area contributed by atoms with Gasteiger partial charge in [-0.25, -0.2) is 0 Å². The predicted octanol–water partition coefficient (Wildman–Crippen LogP) is 2.53. The zero-order valence-electron chi connectivity index (χ0n) is 11.9. The van der Waals surface area contributed by atoms with Gasteiger partial charge in [-0.2, -0.15) is 4.68 Å². The molecule has 0 radical (unpaired) electrons. The summed E-state index contributed by atoms with van der Waals surface area (Å²) < 4.78 is 1.78. The number of hydrogen-bond acceptors (Lipinski definition) is 5. The third kappa shape index (κ3) is 3.80. The van der Waals surface area contributed by atoms with E-state index in [0.29, 0.717) is 0 Å². The van der Waals surface area contributed by atoms with Crippen LogP contribution in [0.2, 0.25) is 0 Å². The molecule has 20 heavy (non-hydrogen) atoms. The molecule has 0 bridgehead atoms. The molecule has 0 aliphatic heterocycles. The van der Waals surface area contributed by atoms with E-state index in [9.17, 15) is 0 Å². The highest BCUT2D eigenvalue weighted by atomic mass is 32.2. The molecule has 0 aliphatic rings. The summed E-state index contributed by atoms with van der Waals surface area (Å²) in [5.41, 5.74) is 3.49. The number of unbranched alkanes of at least 4 members (excludes halogenated alkanes) is 2. The van der Waals surface area contributed by atoms with Gasteiger partial charge in [-0.15, -0.1) is 5.10 Å². The molecule has 0 fully saturated rings. The molecule has 0 spiro atoms. The van der Waals surface area contributed by atoms with Gasteiger partial charge in [-0.1, -0.05) is 24.2 Å². The molecular formula is C14H20N4OS. The number of hydrogen-bond donors (Lipinski definition) is 1. The number of aliphatic hydroxyl groups is 1. The van der Waals surface area contributed by atoms with E-state index < -0.39 is 0 Å². The number of aryl methyl sites for hydroxylation is 2. The number of aliphatic hydroxyl groups excluding tert-OH is 1. The molecule has 0 saturated carbocycles. The van der Waals surface area contributed by atoms with Crippen molar-refractivity contribution in [2.75, 3.05) is 12.4 Å². The largest absolute Gasteiger partial charge is 0.396 e. The molecule has 0 amide bonds. The van der Waals surface area contributed by atoms with E-state index in [1.54, 1.807) is 16.4 Å². The number of tetrazole rings is 1. The summed E-state index contributed by atoms with van der Waals surface area (Å²) in [4.78, 5) is 0. The summed E-state index contributed by atoms with van der Waals surface area (Å²) in [6, 6.07) is 6.22. The normalized spacial score (nSPS) is 10.9. The van der Waals surface area contributed by atoms with Gasteiger partial charge in [0.2, 0.25) is 5.16 Å². The van der Waals surface area contributed by atoms with Gasteiger partial charge in [-0.05, 0) is 60.4 Å². The summed E-state index contributed by atoms with van der Waals surface area (Å²) in [7, 11) is 0. The van der Waals surface area contributed by atoms with E-state index in [1.807, 2.05) is 6.07 Å². The molecule has 1 heterocycles. The minimum Gasteiger partial charge on any atom is -0.396 e. The number of rotatable bonds is 7. The van der Waals surface area contributed by atoms with Gasteiger partial charge in [0, 0.05) is 12.4 Å². The molecule has 2 aromatic rings. The fourth-order valence-electron chi connectivity index (χ4n) is 1.84. The summed E-state index contributed by atoms with van der Waals surface area (Å²) in [5, 5.41) is 21.5. The monoisotopic (exact) mass is 292 g/mol. The Hall–Kier alpha value is -1.40. The highest BCUT2D eigenvalue weighted by molar-refractivity contribution is 7.99. The molecule has 0 saturated heterocycles. The topological polar surface area (TPSA) is 63.8 Å². The first kappa shape index (κ1) is 15.0. The lowest BCUT2D eigenvalue weighted by molar-refractivity contribution is 0.284. The Morgan fingerprint density at radius 3 is 2.75 bits per heavy atom. The van der Waals surface area contributed by atoms with Gasteiger partial charge in [-0.3, -0.25) is 0 Å². The molecule has 1 aromatic carbocycles. The zero-order valence-corrected chi connectivity index (χ0v) is 12.7. The second-order valence-corrected chi connectivity index (χ2v) is 5.84. The fourth-order valence-corrected chi connectivity index (χ4v) is 2.73. The maximum absolute atomic E-state index is 8.75. The van der Waals surface area contributed by atoms with Gasteiger partial charge in [0.25, 0.3) is 0 Å². The number of benzene rings is 1. The Morgan fingerprint density at radius 1 is 1.15 bits per heavy atom. The molecular weight excluding hydrogens is 272 g/mol. The molecule has 108 valence electrons. The summed E-state index contributed by atoms with van der Waals surface area (Å²) in [5.74, 6) is 0.964. The predicted molar refractivity (Wildman–Crippen MR) is 80.3 cm³/mol. The Balaban J connectivity index is 2.02. The molecule has 0 aliphatic carbocycles. The summed E-state index contributed by atoms with van der Waals surface area (Å²) in [6.07, 6.45) is 2.96. The summed E-state index contributed by atoms with van der Waals surface area (Å²) >= 11 is 1.65. The second-order valence-electron chi connectivity index (χ2n) is 4.77. The number of aromatic nitrogens is 4. The minimum atomic E-state index is 0.269. The first-order valence-electron chi connectivity index (χ1n) is 6.82. The molecule has 6 heteroatoms. The maximum atomic E-state index is 8.75. The van der Waals surface area contributed by atoms with E-state index in [4.69, 9.17) is 5.11 Å². The van der Waals surface area contributed by atoms with Crippen LogP contribution in [0.5, 0.6) is 0 Å². The maximum Gasteiger partial charge on any atom is 0.214 e. The van der Waals surface area contributed by atoms with E-state index in [-0.39, 0.29) is 6.61 Å². The van der Waals surface area contributed by atoms with Crippen LogP contribution in [0.15, 0.2) is 23.4 Å². The van der Waals surface area contributed by atoms with E-state index in [2.05, 4.69) is 41.5 Å². The van der Waals surface area contributed by atoms with Crippen LogP contribution in [0.25, 0.3) is 5.69 Å². The Bertz CT molecular complexity index is 556. The molecule has 2 rings (SSSR count). The average molecular weight is 292 g/mol. The van der Waals surface area contributed by atoms with Crippen molar-refractivity contribution < 1.29 is 5.11 Å². The van der Waals surface area contributed by atoms with Crippen molar-refractivity contribution >= 4 is 11.8 Å². The quantitative estimate of drug-likeness (QED) is 0.627. The first-order valence-corrected chi connectivity index (χ1v) is 7.80. The van der Waals surface area contributed by atoms with Crippen molar-refractivity contribution in [1.29, 1.82) is 0 Å². The van der Waals surface area contributed by atoms with Crippen LogP contribution < -0.4 is 0 Å². The molecule has 0 unspecified atom stereocenters. The summed E-state index contributed by atoms with van der Waals surface area (Å²) in [6.45, 7) is 4.45. The van der Waals surface area contributed by atoms with Crippen LogP contribution in [-0.4, -0.2) is 37.7 Å². The van der Waals surface area contributed by atoms with Crippen LogP contribution in [0.4, 0.5) is 0 Å². The lowest BCUT2D eigenvalue weighted by atomic mass is 10.1. The Kier molecular flexibility index (Phi) is 5.55.